The number of nitrogens with zero attached hydrogens (tertiary/aromatic N) is 2. The molecular weight excluding hydrogens is 320 g/mol. The summed E-state index contributed by atoms with van der Waals surface area (Å²) >= 11 is 0. The van der Waals surface area contributed by atoms with Gasteiger partial charge < -0.3 is 14.9 Å². The van der Waals surface area contributed by atoms with Crippen molar-refractivity contribution in [3.63, 3.8) is 0 Å². The first-order valence-electron chi connectivity index (χ1n) is 8.75. The van der Waals surface area contributed by atoms with Gasteiger partial charge in [-0.05, 0) is 49.9 Å². The first-order chi connectivity index (χ1) is 11.8. The van der Waals surface area contributed by atoms with Crippen LogP contribution in [0.5, 0.6) is 0 Å². The standard InChI is InChI=1S/C19H24N2O4/c1-12-6-13(2)8-16(7-12)21-11-15(9-17(21)22)18(23)20-5-3-4-14(10-20)19(24)25/h6-8,14-15H,3-5,9-11H2,1-2H3,(H,24,25)/t14-,15-/m0/s1. The number of likely N-dealkylation sites (tertiary alicyclic amines) is 1. The first kappa shape index (κ1) is 17.5. The lowest BCUT2D eigenvalue weighted by molar-refractivity contribution is -0.146. The van der Waals surface area contributed by atoms with Gasteiger partial charge in [-0.3, -0.25) is 14.4 Å². The van der Waals surface area contributed by atoms with Crippen molar-refractivity contribution in [3.05, 3.63) is 29.3 Å². The molecule has 0 radical (unpaired) electrons. The van der Waals surface area contributed by atoms with E-state index in [0.717, 1.165) is 16.8 Å². The minimum atomic E-state index is -0.850. The Balaban J connectivity index is 1.71. The van der Waals surface area contributed by atoms with Crippen molar-refractivity contribution in [3.8, 4) is 0 Å². The highest BCUT2D eigenvalue weighted by Gasteiger charge is 2.39. The van der Waals surface area contributed by atoms with E-state index in [2.05, 4.69) is 0 Å². The number of amides is 2. The van der Waals surface area contributed by atoms with Crippen molar-refractivity contribution in [2.45, 2.75) is 33.1 Å². The zero-order chi connectivity index (χ0) is 18.1. The molecular formula is C19H24N2O4. The van der Waals surface area contributed by atoms with Crippen molar-refractivity contribution in [2.75, 3.05) is 24.5 Å². The van der Waals surface area contributed by atoms with E-state index < -0.39 is 11.9 Å². The predicted molar refractivity (Wildman–Crippen MR) is 93.3 cm³/mol. The molecule has 6 nitrogen and oxygen atoms in total. The van der Waals surface area contributed by atoms with Gasteiger partial charge in [0.25, 0.3) is 0 Å². The third-order valence-corrected chi connectivity index (χ3v) is 5.07. The van der Waals surface area contributed by atoms with E-state index >= 15 is 0 Å². The molecule has 0 bridgehead atoms. The third-order valence-electron chi connectivity index (χ3n) is 5.07. The number of anilines is 1. The van der Waals surface area contributed by atoms with Crippen LogP contribution in [0.25, 0.3) is 0 Å². The van der Waals surface area contributed by atoms with Crippen LogP contribution < -0.4 is 4.90 Å². The topological polar surface area (TPSA) is 77.9 Å². The maximum absolute atomic E-state index is 12.8. The Kier molecular flexibility index (Phi) is 4.79. The van der Waals surface area contributed by atoms with Crippen molar-refractivity contribution in [1.82, 2.24) is 4.90 Å². The molecule has 0 aliphatic carbocycles. The van der Waals surface area contributed by atoms with Gasteiger partial charge in [0.1, 0.15) is 0 Å². The number of piperidine rings is 1. The van der Waals surface area contributed by atoms with Gasteiger partial charge in [-0.25, -0.2) is 0 Å². The molecule has 0 saturated carbocycles. The molecule has 2 amide bonds. The number of carboxylic acid groups (broad SMARTS) is 1. The summed E-state index contributed by atoms with van der Waals surface area (Å²) in [6.07, 6.45) is 1.50. The highest BCUT2D eigenvalue weighted by atomic mass is 16.4. The molecule has 2 heterocycles. The molecule has 2 aliphatic heterocycles. The monoisotopic (exact) mass is 344 g/mol. The van der Waals surface area contributed by atoms with Crippen LogP contribution in [0, 0.1) is 25.7 Å². The molecule has 3 rings (SSSR count). The first-order valence-corrected chi connectivity index (χ1v) is 8.75. The highest BCUT2D eigenvalue weighted by molar-refractivity contribution is 6.00. The Labute approximate surface area is 147 Å². The molecule has 1 aromatic rings. The van der Waals surface area contributed by atoms with Crippen LogP contribution in [0.15, 0.2) is 18.2 Å². The molecule has 0 unspecified atom stereocenters. The molecule has 2 aliphatic rings. The van der Waals surface area contributed by atoms with Gasteiger partial charge >= 0.3 is 5.97 Å². The fraction of sp³-hybridized carbons (Fsp3) is 0.526. The molecule has 2 fully saturated rings. The van der Waals surface area contributed by atoms with Crippen molar-refractivity contribution >= 4 is 23.5 Å². The van der Waals surface area contributed by atoms with Crippen LogP contribution in [0.4, 0.5) is 5.69 Å². The number of hydrogen-bond acceptors (Lipinski definition) is 3. The van der Waals surface area contributed by atoms with E-state index in [-0.39, 0.29) is 30.7 Å². The van der Waals surface area contributed by atoms with Crippen LogP contribution in [-0.2, 0) is 14.4 Å². The van der Waals surface area contributed by atoms with Gasteiger partial charge in [0, 0.05) is 31.7 Å². The zero-order valence-corrected chi connectivity index (χ0v) is 14.7. The highest BCUT2D eigenvalue weighted by Crippen LogP contribution is 2.29. The summed E-state index contributed by atoms with van der Waals surface area (Å²) in [5.41, 5.74) is 3.00. The molecule has 2 saturated heterocycles. The number of carboxylic acids is 1. The third kappa shape index (κ3) is 3.67. The molecule has 2 atom stereocenters. The van der Waals surface area contributed by atoms with Gasteiger partial charge in [0.15, 0.2) is 0 Å². The Bertz CT molecular complexity index is 695. The van der Waals surface area contributed by atoms with E-state index in [0.29, 0.717) is 25.9 Å². The lowest BCUT2D eigenvalue weighted by atomic mass is 9.96. The number of rotatable bonds is 3. The summed E-state index contributed by atoms with van der Waals surface area (Å²) in [4.78, 5) is 39.7. The minimum absolute atomic E-state index is 0.0462. The Morgan fingerprint density at radius 2 is 1.76 bits per heavy atom. The average Bonchev–Trinajstić information content (AvgIpc) is 2.95. The molecule has 0 spiro atoms. The fourth-order valence-electron chi connectivity index (χ4n) is 3.87. The normalized spacial score (nSPS) is 23.8. The lowest BCUT2D eigenvalue weighted by Crippen LogP contribution is -2.45. The zero-order valence-electron chi connectivity index (χ0n) is 14.7. The maximum Gasteiger partial charge on any atom is 0.308 e. The van der Waals surface area contributed by atoms with Gasteiger partial charge in [-0.1, -0.05) is 6.07 Å². The number of hydrogen-bond donors (Lipinski definition) is 1. The number of aliphatic carboxylic acids is 1. The van der Waals surface area contributed by atoms with Crippen molar-refractivity contribution in [1.29, 1.82) is 0 Å². The summed E-state index contributed by atoms with van der Waals surface area (Å²) < 4.78 is 0. The number of aryl methyl sites for hydroxylation is 2. The number of carbonyl (C=O) groups is 3. The second kappa shape index (κ2) is 6.86. The van der Waals surface area contributed by atoms with Gasteiger partial charge in [-0.15, -0.1) is 0 Å². The summed E-state index contributed by atoms with van der Waals surface area (Å²) in [6, 6.07) is 5.96. The van der Waals surface area contributed by atoms with Gasteiger partial charge in [-0.2, -0.15) is 0 Å². The van der Waals surface area contributed by atoms with E-state index in [1.54, 1.807) is 9.80 Å². The summed E-state index contributed by atoms with van der Waals surface area (Å²) in [7, 11) is 0. The van der Waals surface area contributed by atoms with E-state index in [9.17, 15) is 19.5 Å². The lowest BCUT2D eigenvalue weighted by Gasteiger charge is -2.32. The molecule has 0 aromatic heterocycles. The van der Waals surface area contributed by atoms with Gasteiger partial charge in [0.05, 0.1) is 11.8 Å². The second-order valence-corrected chi connectivity index (χ2v) is 7.21. The molecule has 134 valence electrons. The van der Waals surface area contributed by atoms with E-state index in [4.69, 9.17) is 0 Å². The van der Waals surface area contributed by atoms with Crippen LogP contribution >= 0.6 is 0 Å². The second-order valence-electron chi connectivity index (χ2n) is 7.21. The van der Waals surface area contributed by atoms with Crippen molar-refractivity contribution in [2.24, 2.45) is 11.8 Å². The smallest absolute Gasteiger partial charge is 0.308 e. The Hall–Kier alpha value is -2.37. The van der Waals surface area contributed by atoms with Crippen molar-refractivity contribution < 1.29 is 19.5 Å². The molecule has 1 N–H and O–H groups in total. The number of carbonyl (C=O) groups excluding carboxylic acids is 2. The fourth-order valence-corrected chi connectivity index (χ4v) is 3.87. The van der Waals surface area contributed by atoms with E-state index in [1.807, 2.05) is 32.0 Å². The summed E-state index contributed by atoms with van der Waals surface area (Å²) in [6.45, 7) is 5.17. The van der Waals surface area contributed by atoms with Crippen LogP contribution in [0.3, 0.4) is 0 Å². The van der Waals surface area contributed by atoms with Crippen LogP contribution in [-0.4, -0.2) is 47.4 Å². The molecule has 1 aromatic carbocycles. The minimum Gasteiger partial charge on any atom is -0.481 e. The summed E-state index contributed by atoms with van der Waals surface area (Å²) in [5.74, 6) is -1.87. The average molecular weight is 344 g/mol. The van der Waals surface area contributed by atoms with E-state index in [1.165, 1.54) is 0 Å². The Morgan fingerprint density at radius 1 is 1.08 bits per heavy atom. The quantitative estimate of drug-likeness (QED) is 0.909. The van der Waals surface area contributed by atoms with Gasteiger partial charge in [0.2, 0.25) is 11.8 Å². The Morgan fingerprint density at radius 3 is 2.40 bits per heavy atom. The maximum atomic E-state index is 12.8. The molecule has 6 heteroatoms. The largest absolute Gasteiger partial charge is 0.481 e. The number of benzene rings is 1. The SMILES string of the molecule is Cc1cc(C)cc(N2C[C@@H](C(=O)N3CCC[C@H](C(=O)O)C3)CC2=O)c1. The molecule has 25 heavy (non-hydrogen) atoms. The van der Waals surface area contributed by atoms with Crippen LogP contribution in [0.1, 0.15) is 30.4 Å². The predicted octanol–water partition coefficient (Wildman–Crippen LogP) is 1.98. The summed E-state index contributed by atoms with van der Waals surface area (Å²) in [5, 5.41) is 9.19. The van der Waals surface area contributed by atoms with Crippen LogP contribution in [0.2, 0.25) is 0 Å².